The average molecular weight is 729 g/mol. The van der Waals surface area contributed by atoms with E-state index in [4.69, 9.17) is 37.5 Å². The zero-order valence-corrected chi connectivity index (χ0v) is 31.3. The molecule has 3 amide bonds. The van der Waals surface area contributed by atoms with Crippen LogP contribution in [0.2, 0.25) is 0 Å². The molecule has 2 aliphatic rings. The average Bonchev–Trinajstić information content (AvgIpc) is 3.58. The summed E-state index contributed by atoms with van der Waals surface area (Å²) in [5.41, 5.74) is -0.695. The molecule has 2 aliphatic heterocycles. The lowest BCUT2D eigenvalue weighted by Gasteiger charge is -2.27. The lowest BCUT2D eigenvalue weighted by molar-refractivity contribution is -0.121. The highest BCUT2D eigenvalue weighted by Crippen LogP contribution is 2.47. The Labute approximate surface area is 291 Å². The minimum Gasteiger partial charge on any atom is -0.381 e. The molecular weight excluding hydrogens is 667 g/mol. The summed E-state index contributed by atoms with van der Waals surface area (Å²) in [5, 5.41) is 12.2. The number of carbonyl (C=O) groups is 2. The highest BCUT2D eigenvalue weighted by molar-refractivity contribution is 8.00. The smallest absolute Gasteiger partial charge is 0.381 e. The molecule has 0 aromatic heterocycles. The summed E-state index contributed by atoms with van der Waals surface area (Å²) in [5.74, 6) is 0.911. The fourth-order valence-corrected chi connectivity index (χ4v) is 8.21. The lowest BCUT2D eigenvalue weighted by Crippen LogP contribution is -2.37. The fraction of sp³-hybridized carbons (Fsp3) is 0.935. The molecule has 0 aliphatic carbocycles. The molecule has 17 heteroatoms. The Bertz CT molecular complexity index is 933. The zero-order valence-electron chi connectivity index (χ0n) is 29.6. The highest BCUT2D eigenvalue weighted by atomic mass is 32.2. The second-order valence-electron chi connectivity index (χ2n) is 12.4. The van der Waals surface area contributed by atoms with Gasteiger partial charge in [0.2, 0.25) is 5.91 Å². The van der Waals surface area contributed by atoms with Crippen LogP contribution in [0.5, 0.6) is 0 Å². The minimum atomic E-state index is -3.62. The van der Waals surface area contributed by atoms with Crippen molar-refractivity contribution >= 4 is 31.4 Å². The Hall–Kier alpha value is -1.04. The maximum atomic E-state index is 13.4. The molecule has 0 aromatic carbocycles. The first-order chi connectivity index (χ1) is 23.0. The van der Waals surface area contributed by atoms with E-state index in [0.717, 1.165) is 18.6 Å². The van der Waals surface area contributed by atoms with Crippen molar-refractivity contribution in [2.45, 2.75) is 88.8 Å². The zero-order chi connectivity index (χ0) is 35.1. The summed E-state index contributed by atoms with van der Waals surface area (Å²) < 4.78 is 57.5. The Kier molecular flexibility index (Phi) is 22.5. The third kappa shape index (κ3) is 20.0. The predicted molar refractivity (Wildman–Crippen MR) is 185 cm³/mol. The summed E-state index contributed by atoms with van der Waals surface area (Å²) in [6.45, 7) is 13.1. The van der Waals surface area contributed by atoms with Gasteiger partial charge >= 0.3 is 13.8 Å². The second-order valence-corrected chi connectivity index (χ2v) is 15.4. The van der Waals surface area contributed by atoms with Gasteiger partial charge in [-0.15, -0.1) is 0 Å². The molecule has 48 heavy (non-hydrogen) atoms. The molecular formula is C31H61N4O11PS. The van der Waals surface area contributed by atoms with Crippen LogP contribution in [0.3, 0.4) is 0 Å². The summed E-state index contributed by atoms with van der Waals surface area (Å²) in [7, 11) is -2.00. The largest absolute Gasteiger partial charge is 0.406 e. The Morgan fingerprint density at radius 2 is 1.50 bits per heavy atom. The Morgan fingerprint density at radius 1 is 0.917 bits per heavy atom. The van der Waals surface area contributed by atoms with Crippen molar-refractivity contribution in [3.8, 4) is 0 Å². The third-order valence-corrected chi connectivity index (χ3v) is 10.7. The number of hydrogen-bond acceptors (Lipinski definition) is 12. The van der Waals surface area contributed by atoms with E-state index in [2.05, 4.69) is 21.0 Å². The van der Waals surface area contributed by atoms with Gasteiger partial charge in [0.15, 0.2) is 0 Å². The first-order valence-electron chi connectivity index (χ1n) is 17.1. The number of carbonyl (C=O) groups excluding carboxylic acids is 2. The lowest BCUT2D eigenvalue weighted by atomic mass is 10.0. The molecule has 15 nitrogen and oxygen atoms in total. The molecule has 0 radical (unpaired) electrons. The van der Waals surface area contributed by atoms with Crippen LogP contribution in [0.1, 0.15) is 59.8 Å². The van der Waals surface area contributed by atoms with E-state index in [1.807, 2.05) is 39.5 Å². The standard InChI is InChI=1S/C31H61N4O11PS/c1-6-40-14-15-41-16-17-42-18-19-43-20-21-44-22-23-45-47(38,46-31(2,3)4)33-13-11-25(39-5)10-12-32-28(36)9-7-8-27-29-26(24-48-27)34-30(37)35-29/h25-27,29H,6-24H2,1-5H3,(H,32,36)(H,33,38)(H2,34,35,37). The van der Waals surface area contributed by atoms with Crippen LogP contribution < -0.4 is 21.0 Å². The molecule has 2 heterocycles. The van der Waals surface area contributed by atoms with Crippen LogP contribution >= 0.6 is 19.5 Å². The molecule has 0 aromatic rings. The minimum absolute atomic E-state index is 0.00117. The van der Waals surface area contributed by atoms with Crippen LogP contribution in [-0.2, 0) is 46.8 Å². The number of rotatable bonds is 30. The first-order valence-corrected chi connectivity index (χ1v) is 19.7. The van der Waals surface area contributed by atoms with Gasteiger partial charge in [0.1, 0.15) is 0 Å². The van der Waals surface area contributed by atoms with Crippen molar-refractivity contribution in [2.75, 3.05) is 98.6 Å². The monoisotopic (exact) mass is 728 g/mol. The summed E-state index contributed by atoms with van der Waals surface area (Å²) in [6, 6.07) is 0.248. The van der Waals surface area contributed by atoms with E-state index in [1.165, 1.54) is 0 Å². The van der Waals surface area contributed by atoms with Gasteiger partial charge in [0.25, 0.3) is 0 Å². The number of methoxy groups -OCH3 is 1. The molecule has 5 unspecified atom stereocenters. The van der Waals surface area contributed by atoms with E-state index in [0.29, 0.717) is 97.1 Å². The maximum Gasteiger partial charge on any atom is 0.406 e. The predicted octanol–water partition coefficient (Wildman–Crippen LogP) is 2.87. The first kappa shape index (κ1) is 43.1. The number of ether oxygens (including phenoxy) is 6. The van der Waals surface area contributed by atoms with Crippen molar-refractivity contribution in [1.82, 2.24) is 21.0 Å². The number of hydrogen-bond donors (Lipinski definition) is 4. The summed E-state index contributed by atoms with van der Waals surface area (Å²) in [4.78, 5) is 23.9. The van der Waals surface area contributed by atoms with Crippen LogP contribution in [0, 0.1) is 0 Å². The number of thioether (sulfide) groups is 1. The van der Waals surface area contributed by atoms with E-state index in [9.17, 15) is 14.2 Å². The van der Waals surface area contributed by atoms with Gasteiger partial charge in [-0.05, 0) is 53.4 Å². The van der Waals surface area contributed by atoms with Gasteiger partial charge < -0.3 is 44.4 Å². The van der Waals surface area contributed by atoms with Crippen molar-refractivity contribution in [3.05, 3.63) is 0 Å². The molecule has 2 rings (SSSR count). The van der Waals surface area contributed by atoms with Crippen molar-refractivity contribution in [2.24, 2.45) is 0 Å². The number of fused-ring (bicyclic) bond motifs is 1. The maximum absolute atomic E-state index is 13.4. The molecule has 2 fully saturated rings. The second kappa shape index (κ2) is 25.0. The van der Waals surface area contributed by atoms with E-state index in [1.54, 1.807) is 7.11 Å². The van der Waals surface area contributed by atoms with Crippen molar-refractivity contribution in [1.29, 1.82) is 0 Å². The Morgan fingerprint density at radius 3 is 2.08 bits per heavy atom. The van der Waals surface area contributed by atoms with Crippen LogP contribution in [0.4, 0.5) is 4.79 Å². The van der Waals surface area contributed by atoms with Crippen LogP contribution in [0.15, 0.2) is 0 Å². The van der Waals surface area contributed by atoms with Crippen LogP contribution in [0.25, 0.3) is 0 Å². The summed E-state index contributed by atoms with van der Waals surface area (Å²) in [6.07, 6.45) is 3.10. The van der Waals surface area contributed by atoms with Gasteiger partial charge in [0, 0.05) is 44.2 Å². The topological polar surface area (TPSA) is 173 Å². The third-order valence-electron chi connectivity index (χ3n) is 7.30. The molecule has 4 N–H and O–H groups in total. The normalized spacial score (nSPS) is 21.0. The number of amides is 3. The van der Waals surface area contributed by atoms with Gasteiger partial charge in [-0.3, -0.25) is 13.8 Å². The molecule has 0 bridgehead atoms. The van der Waals surface area contributed by atoms with E-state index < -0.39 is 13.3 Å². The van der Waals surface area contributed by atoms with Gasteiger partial charge in [-0.25, -0.2) is 14.4 Å². The molecule has 0 saturated carbocycles. The SMILES string of the molecule is CCOCCOCCOCCOCCOCCOP(=O)(NCCC(CCNC(=O)CCCC1SCC2NC(=O)NC21)OC)OC(C)(C)C. The van der Waals surface area contributed by atoms with E-state index >= 15 is 0 Å². The quantitative estimate of drug-likeness (QED) is 0.0484. The molecule has 2 saturated heterocycles. The van der Waals surface area contributed by atoms with Gasteiger partial charge in [-0.2, -0.15) is 11.8 Å². The van der Waals surface area contributed by atoms with Crippen molar-refractivity contribution in [3.63, 3.8) is 0 Å². The number of nitrogens with one attached hydrogen (secondary N) is 4. The molecule has 0 spiro atoms. The van der Waals surface area contributed by atoms with Crippen LogP contribution in [-0.4, -0.2) is 140 Å². The highest BCUT2D eigenvalue weighted by Gasteiger charge is 2.42. The fourth-order valence-electron chi connectivity index (χ4n) is 5.02. The summed E-state index contributed by atoms with van der Waals surface area (Å²) >= 11 is 1.85. The molecule has 5 atom stereocenters. The Balaban J connectivity index is 1.52. The van der Waals surface area contributed by atoms with E-state index in [-0.39, 0.29) is 43.3 Å². The van der Waals surface area contributed by atoms with Gasteiger partial charge in [-0.1, -0.05) is 0 Å². The number of urea groups is 1. The van der Waals surface area contributed by atoms with Crippen molar-refractivity contribution < 1.29 is 51.6 Å². The van der Waals surface area contributed by atoms with Gasteiger partial charge in [0.05, 0.1) is 89.9 Å². The molecule has 282 valence electrons.